The Morgan fingerprint density at radius 2 is 0.539 bits per heavy atom. The van der Waals surface area contributed by atoms with Crippen molar-refractivity contribution in [2.24, 2.45) is 0 Å². The molecular formula is C70H110O6. The van der Waals surface area contributed by atoms with Crippen molar-refractivity contribution >= 4 is 17.9 Å². The zero-order valence-corrected chi connectivity index (χ0v) is 48.7. The topological polar surface area (TPSA) is 78.9 Å². The lowest BCUT2D eigenvalue weighted by Crippen LogP contribution is -2.30. The maximum atomic E-state index is 12.9. The van der Waals surface area contributed by atoms with Gasteiger partial charge in [0.15, 0.2) is 6.10 Å². The van der Waals surface area contributed by atoms with E-state index in [2.05, 4.69) is 179 Å². The first-order valence-corrected chi connectivity index (χ1v) is 30.5. The molecule has 0 heterocycles. The molecule has 0 aromatic heterocycles. The highest BCUT2D eigenvalue weighted by molar-refractivity contribution is 5.71. The molecule has 0 aromatic rings. The molecule has 1 unspecified atom stereocenters. The predicted octanol–water partition coefficient (Wildman–Crippen LogP) is 20.9. The largest absolute Gasteiger partial charge is 0.462 e. The van der Waals surface area contributed by atoms with Crippen LogP contribution in [0.1, 0.15) is 245 Å². The van der Waals surface area contributed by atoms with Gasteiger partial charge in [0.05, 0.1) is 0 Å². The van der Waals surface area contributed by atoms with Crippen LogP contribution in [0, 0.1) is 0 Å². The van der Waals surface area contributed by atoms with Gasteiger partial charge in [-0.1, -0.05) is 243 Å². The lowest BCUT2D eigenvalue weighted by atomic mass is 10.1. The van der Waals surface area contributed by atoms with Crippen molar-refractivity contribution in [3.8, 4) is 0 Å². The second-order valence-electron chi connectivity index (χ2n) is 19.5. The Morgan fingerprint density at radius 3 is 0.895 bits per heavy atom. The maximum absolute atomic E-state index is 12.9. The molecule has 0 aliphatic carbocycles. The second-order valence-corrected chi connectivity index (χ2v) is 19.5. The molecule has 0 saturated carbocycles. The summed E-state index contributed by atoms with van der Waals surface area (Å²) >= 11 is 0. The van der Waals surface area contributed by atoms with Gasteiger partial charge in [-0.2, -0.15) is 0 Å². The SMILES string of the molecule is CC/C=C\C/C=C\C/C=C\C/C=C\C/C=C\C/C=C\C/C=C\C/C=C\C/C=C\CCCC(=O)OCC(COC(=O)CCCCCCC/C=C\C/C=C\CCCC)OC(=O)CCCCCCC/C=C\C/C=C\CCCCC. The molecular weight excluding hydrogens is 937 g/mol. The van der Waals surface area contributed by atoms with Gasteiger partial charge < -0.3 is 14.2 Å². The van der Waals surface area contributed by atoms with Crippen LogP contribution in [-0.4, -0.2) is 37.2 Å². The Bertz CT molecular complexity index is 1720. The predicted molar refractivity (Wildman–Crippen MR) is 329 cm³/mol. The average molecular weight is 1050 g/mol. The summed E-state index contributed by atoms with van der Waals surface area (Å²) in [5.41, 5.74) is 0. The number of allylic oxidation sites excluding steroid dienone is 26. The molecule has 0 aliphatic rings. The zero-order chi connectivity index (χ0) is 55.0. The minimum absolute atomic E-state index is 0.115. The number of ether oxygens (including phenoxy) is 3. The first-order chi connectivity index (χ1) is 37.5. The lowest BCUT2D eigenvalue weighted by Gasteiger charge is -2.18. The molecule has 0 N–H and O–H groups in total. The molecule has 6 heteroatoms. The number of carbonyl (C=O) groups excluding carboxylic acids is 3. The molecule has 0 radical (unpaired) electrons. The normalized spacial score (nSPS) is 13.2. The van der Waals surface area contributed by atoms with Crippen LogP contribution >= 0.6 is 0 Å². The molecule has 0 amide bonds. The van der Waals surface area contributed by atoms with Gasteiger partial charge in [0, 0.05) is 19.3 Å². The van der Waals surface area contributed by atoms with E-state index in [1.807, 2.05) is 0 Å². The Morgan fingerprint density at radius 1 is 0.276 bits per heavy atom. The average Bonchev–Trinajstić information content (AvgIpc) is 3.42. The van der Waals surface area contributed by atoms with Gasteiger partial charge in [-0.3, -0.25) is 14.4 Å². The van der Waals surface area contributed by atoms with Crippen LogP contribution in [0.25, 0.3) is 0 Å². The van der Waals surface area contributed by atoms with E-state index in [9.17, 15) is 14.4 Å². The van der Waals surface area contributed by atoms with E-state index in [0.717, 1.165) is 154 Å². The third-order valence-corrected chi connectivity index (χ3v) is 12.2. The molecule has 6 nitrogen and oxygen atoms in total. The third-order valence-electron chi connectivity index (χ3n) is 12.2. The van der Waals surface area contributed by atoms with Crippen LogP contribution in [0.15, 0.2) is 158 Å². The Kier molecular flexibility index (Phi) is 58.5. The van der Waals surface area contributed by atoms with Gasteiger partial charge in [0.2, 0.25) is 0 Å². The van der Waals surface area contributed by atoms with Gasteiger partial charge >= 0.3 is 17.9 Å². The van der Waals surface area contributed by atoms with Crippen molar-refractivity contribution in [2.75, 3.05) is 13.2 Å². The molecule has 76 heavy (non-hydrogen) atoms. The zero-order valence-electron chi connectivity index (χ0n) is 48.7. The van der Waals surface area contributed by atoms with Crippen molar-refractivity contribution in [1.29, 1.82) is 0 Å². The Labute approximate surface area is 467 Å². The Hall–Kier alpha value is -4.97. The summed E-state index contributed by atoms with van der Waals surface area (Å²) in [7, 11) is 0. The van der Waals surface area contributed by atoms with Crippen LogP contribution < -0.4 is 0 Å². The number of esters is 3. The summed E-state index contributed by atoms with van der Waals surface area (Å²) in [6.45, 7) is 6.37. The highest BCUT2D eigenvalue weighted by atomic mass is 16.6. The molecule has 0 saturated heterocycles. The minimum Gasteiger partial charge on any atom is -0.462 e. The first kappa shape index (κ1) is 71.0. The van der Waals surface area contributed by atoms with Gasteiger partial charge in [-0.15, -0.1) is 0 Å². The lowest BCUT2D eigenvalue weighted by molar-refractivity contribution is -0.167. The summed E-state index contributed by atoms with van der Waals surface area (Å²) in [6.07, 6.45) is 91.0. The van der Waals surface area contributed by atoms with Crippen LogP contribution in [0.2, 0.25) is 0 Å². The van der Waals surface area contributed by atoms with Crippen LogP contribution in [0.3, 0.4) is 0 Å². The molecule has 426 valence electrons. The monoisotopic (exact) mass is 1050 g/mol. The smallest absolute Gasteiger partial charge is 0.306 e. The molecule has 0 rings (SSSR count). The van der Waals surface area contributed by atoms with Gasteiger partial charge in [-0.05, 0) is 141 Å². The van der Waals surface area contributed by atoms with Crippen LogP contribution in [0.4, 0.5) is 0 Å². The fourth-order valence-corrected chi connectivity index (χ4v) is 7.67. The van der Waals surface area contributed by atoms with Crippen LogP contribution in [0.5, 0.6) is 0 Å². The van der Waals surface area contributed by atoms with E-state index in [1.165, 1.54) is 44.9 Å². The third kappa shape index (κ3) is 59.9. The van der Waals surface area contributed by atoms with Gasteiger partial charge in [-0.25, -0.2) is 0 Å². The summed E-state index contributed by atoms with van der Waals surface area (Å²) in [4.78, 5) is 38.2. The fraction of sp³-hybridized carbons (Fsp3) is 0.586. The second kappa shape index (κ2) is 62.6. The Balaban J connectivity index is 4.48. The summed E-state index contributed by atoms with van der Waals surface area (Å²) in [5.74, 6) is -1.01. The maximum Gasteiger partial charge on any atom is 0.306 e. The standard InChI is InChI=1S/C70H110O6/c1-4-7-10-13-16-19-22-25-28-29-30-31-32-33-34-35-36-37-38-39-40-41-43-45-48-51-54-57-60-63-69(72)75-66-67(65-74-68(71)62-59-56-53-50-47-44-27-24-21-18-15-12-9-6-3)76-70(73)64-61-58-55-52-49-46-42-26-23-20-17-14-11-8-5-2/h7,10,15-20,24-28,30-31,33-34,36-37,39-40,42-43,45,51,54,67H,4-6,8-9,11-14,21-23,29,32,35,38,41,44,46-50,52-53,55-66H2,1-3H3/b10-7-,18-15-,19-16-,20-17-,27-24-,28-25-,31-30-,34-33-,37-36-,40-39-,42-26-,45-43-,54-51-. The molecule has 0 spiro atoms. The van der Waals surface area contributed by atoms with E-state index in [-0.39, 0.29) is 44.0 Å². The van der Waals surface area contributed by atoms with E-state index in [4.69, 9.17) is 14.2 Å². The van der Waals surface area contributed by atoms with E-state index < -0.39 is 6.10 Å². The minimum atomic E-state index is -0.823. The number of hydrogen-bond acceptors (Lipinski definition) is 6. The van der Waals surface area contributed by atoms with Gasteiger partial charge in [0.1, 0.15) is 13.2 Å². The summed E-state index contributed by atoms with van der Waals surface area (Å²) < 4.78 is 16.8. The highest BCUT2D eigenvalue weighted by Crippen LogP contribution is 2.13. The molecule has 0 aliphatic heterocycles. The molecule has 0 fully saturated rings. The van der Waals surface area contributed by atoms with Crippen molar-refractivity contribution in [3.05, 3.63) is 158 Å². The van der Waals surface area contributed by atoms with E-state index in [0.29, 0.717) is 12.8 Å². The summed E-state index contributed by atoms with van der Waals surface area (Å²) in [6, 6.07) is 0. The van der Waals surface area contributed by atoms with Crippen LogP contribution in [-0.2, 0) is 28.6 Å². The van der Waals surface area contributed by atoms with Crippen molar-refractivity contribution in [2.45, 2.75) is 252 Å². The summed E-state index contributed by atoms with van der Waals surface area (Å²) in [5, 5.41) is 0. The van der Waals surface area contributed by atoms with E-state index in [1.54, 1.807) is 0 Å². The fourth-order valence-electron chi connectivity index (χ4n) is 7.67. The number of rotatable bonds is 53. The number of unbranched alkanes of at least 4 members (excludes halogenated alkanes) is 16. The molecule has 0 aromatic carbocycles. The number of hydrogen-bond donors (Lipinski definition) is 0. The first-order valence-electron chi connectivity index (χ1n) is 30.5. The van der Waals surface area contributed by atoms with Gasteiger partial charge in [0.25, 0.3) is 0 Å². The quantitative estimate of drug-likeness (QED) is 0.0261. The van der Waals surface area contributed by atoms with E-state index >= 15 is 0 Å². The van der Waals surface area contributed by atoms with Crippen molar-refractivity contribution < 1.29 is 28.6 Å². The molecule has 1 atom stereocenters. The number of carbonyl (C=O) groups is 3. The van der Waals surface area contributed by atoms with Crippen molar-refractivity contribution in [1.82, 2.24) is 0 Å². The highest BCUT2D eigenvalue weighted by Gasteiger charge is 2.19. The molecule has 0 bridgehead atoms. The van der Waals surface area contributed by atoms with Crippen molar-refractivity contribution in [3.63, 3.8) is 0 Å².